The lowest BCUT2D eigenvalue weighted by molar-refractivity contribution is -0.121. The van der Waals surface area contributed by atoms with Crippen LogP contribution in [0.1, 0.15) is 26.7 Å². The van der Waals surface area contributed by atoms with Crippen molar-refractivity contribution in [1.82, 2.24) is 10.0 Å². The molecule has 0 aromatic carbocycles. The van der Waals surface area contributed by atoms with E-state index >= 15 is 0 Å². The minimum absolute atomic E-state index is 0.0174. The third-order valence-electron chi connectivity index (χ3n) is 1.88. The van der Waals surface area contributed by atoms with E-state index in [9.17, 15) is 13.2 Å². The summed E-state index contributed by atoms with van der Waals surface area (Å²) < 4.78 is 24.7. The third kappa shape index (κ3) is 8.63. The summed E-state index contributed by atoms with van der Waals surface area (Å²) in [6.07, 6.45) is 0.935. The normalized spacial score (nSPS) is 13.4. The van der Waals surface area contributed by atoms with Crippen LogP contribution in [-0.2, 0) is 14.8 Å². The van der Waals surface area contributed by atoms with E-state index in [0.717, 1.165) is 0 Å². The van der Waals surface area contributed by atoms with Crippen molar-refractivity contribution in [3.05, 3.63) is 0 Å². The van der Waals surface area contributed by atoms with Gasteiger partial charge in [0.1, 0.15) is 0 Å². The van der Waals surface area contributed by atoms with Crippen molar-refractivity contribution in [2.45, 2.75) is 32.7 Å². The van der Waals surface area contributed by atoms with Crippen LogP contribution in [0.2, 0.25) is 0 Å². The van der Waals surface area contributed by atoms with E-state index in [2.05, 4.69) is 10.0 Å². The summed E-state index contributed by atoms with van der Waals surface area (Å²) in [5, 5.41) is 2.54. The first-order chi connectivity index (χ1) is 7.37. The Morgan fingerprint density at radius 2 is 2.06 bits per heavy atom. The minimum atomic E-state index is -3.25. The summed E-state index contributed by atoms with van der Waals surface area (Å²) in [6.45, 7) is 4.02. The molecule has 4 N–H and O–H groups in total. The van der Waals surface area contributed by atoms with Crippen LogP contribution in [-0.4, -0.2) is 39.2 Å². The average Bonchev–Trinajstić information content (AvgIpc) is 2.14. The first-order valence-electron chi connectivity index (χ1n) is 5.37. The van der Waals surface area contributed by atoms with Crippen LogP contribution >= 0.6 is 0 Å². The molecule has 0 radical (unpaired) electrons. The van der Waals surface area contributed by atoms with Gasteiger partial charge in [-0.05, 0) is 13.3 Å². The Balaban J connectivity index is 3.70. The molecule has 0 fully saturated rings. The van der Waals surface area contributed by atoms with Gasteiger partial charge in [-0.25, -0.2) is 13.1 Å². The van der Waals surface area contributed by atoms with Crippen molar-refractivity contribution in [2.75, 3.05) is 18.8 Å². The van der Waals surface area contributed by atoms with Gasteiger partial charge >= 0.3 is 0 Å². The number of hydrogen-bond acceptors (Lipinski definition) is 4. The zero-order chi connectivity index (χ0) is 12.6. The lowest BCUT2D eigenvalue weighted by Gasteiger charge is -2.07. The lowest BCUT2D eigenvalue weighted by Crippen LogP contribution is -2.34. The highest BCUT2D eigenvalue weighted by Crippen LogP contribution is 1.92. The standard InChI is InChI=1S/C9H21N3O3S/c1-3-12-16(14,15)7-6-11-9(13)5-4-8(2)10/h8,12H,3-7,10H2,1-2H3,(H,11,13). The summed E-state index contributed by atoms with van der Waals surface area (Å²) in [6, 6.07) is -0.0174. The number of amides is 1. The molecule has 0 aromatic heterocycles. The van der Waals surface area contributed by atoms with Gasteiger partial charge in [0.25, 0.3) is 0 Å². The fraction of sp³-hybridized carbons (Fsp3) is 0.889. The first-order valence-corrected chi connectivity index (χ1v) is 7.02. The maximum atomic E-state index is 11.2. The van der Waals surface area contributed by atoms with Crippen molar-refractivity contribution in [3.63, 3.8) is 0 Å². The van der Waals surface area contributed by atoms with Crippen molar-refractivity contribution in [1.29, 1.82) is 0 Å². The second kappa shape index (κ2) is 7.59. The molecule has 1 amide bonds. The quantitative estimate of drug-likeness (QED) is 0.524. The molecule has 0 saturated heterocycles. The fourth-order valence-corrected chi connectivity index (χ4v) is 2.02. The number of hydrogen-bond donors (Lipinski definition) is 3. The van der Waals surface area contributed by atoms with Gasteiger partial charge in [0.15, 0.2) is 0 Å². The largest absolute Gasteiger partial charge is 0.355 e. The zero-order valence-electron chi connectivity index (χ0n) is 9.82. The van der Waals surface area contributed by atoms with E-state index in [-0.39, 0.29) is 24.2 Å². The zero-order valence-corrected chi connectivity index (χ0v) is 10.6. The van der Waals surface area contributed by atoms with Crippen LogP contribution in [0, 0.1) is 0 Å². The molecule has 0 aliphatic heterocycles. The highest BCUT2D eigenvalue weighted by atomic mass is 32.2. The smallest absolute Gasteiger partial charge is 0.220 e. The molecular formula is C9H21N3O3S. The van der Waals surface area contributed by atoms with Crippen molar-refractivity contribution in [3.8, 4) is 0 Å². The monoisotopic (exact) mass is 251 g/mol. The van der Waals surface area contributed by atoms with E-state index in [1.165, 1.54) is 0 Å². The van der Waals surface area contributed by atoms with Crippen molar-refractivity contribution < 1.29 is 13.2 Å². The van der Waals surface area contributed by atoms with Crippen molar-refractivity contribution in [2.24, 2.45) is 5.73 Å². The topological polar surface area (TPSA) is 101 Å². The predicted octanol–water partition coefficient (Wildman–Crippen LogP) is -0.831. The maximum absolute atomic E-state index is 11.2. The highest BCUT2D eigenvalue weighted by molar-refractivity contribution is 7.89. The Kier molecular flexibility index (Phi) is 7.27. The van der Waals surface area contributed by atoms with E-state index in [1.54, 1.807) is 6.92 Å². The van der Waals surface area contributed by atoms with E-state index in [1.807, 2.05) is 6.92 Å². The lowest BCUT2D eigenvalue weighted by atomic mass is 10.2. The van der Waals surface area contributed by atoms with Gasteiger partial charge in [0.05, 0.1) is 5.75 Å². The number of carbonyl (C=O) groups is 1. The molecule has 0 saturated carbocycles. The Bertz CT molecular complexity index is 301. The SMILES string of the molecule is CCNS(=O)(=O)CCNC(=O)CCC(C)N. The van der Waals surface area contributed by atoms with E-state index < -0.39 is 10.0 Å². The van der Waals surface area contributed by atoms with Gasteiger partial charge in [0.2, 0.25) is 15.9 Å². The Labute approximate surface area is 97.0 Å². The minimum Gasteiger partial charge on any atom is -0.355 e. The molecule has 1 atom stereocenters. The number of rotatable bonds is 8. The van der Waals surface area contributed by atoms with Crippen LogP contribution in [0.25, 0.3) is 0 Å². The van der Waals surface area contributed by atoms with Gasteiger partial charge in [-0.2, -0.15) is 0 Å². The number of carbonyl (C=O) groups excluding carboxylic acids is 1. The Morgan fingerprint density at radius 1 is 1.44 bits per heavy atom. The second-order valence-corrected chi connectivity index (χ2v) is 5.61. The van der Waals surface area contributed by atoms with E-state index in [0.29, 0.717) is 19.4 Å². The third-order valence-corrected chi connectivity index (χ3v) is 3.35. The highest BCUT2D eigenvalue weighted by Gasteiger charge is 2.09. The molecule has 0 spiro atoms. The molecule has 0 aliphatic carbocycles. The number of nitrogens with two attached hydrogens (primary N) is 1. The molecule has 0 heterocycles. The molecule has 0 rings (SSSR count). The van der Waals surface area contributed by atoms with Gasteiger partial charge in [-0.15, -0.1) is 0 Å². The van der Waals surface area contributed by atoms with Gasteiger partial charge in [-0.3, -0.25) is 4.79 Å². The van der Waals surface area contributed by atoms with Crippen LogP contribution in [0.5, 0.6) is 0 Å². The van der Waals surface area contributed by atoms with Crippen LogP contribution in [0.4, 0.5) is 0 Å². The van der Waals surface area contributed by atoms with Crippen molar-refractivity contribution >= 4 is 15.9 Å². The van der Waals surface area contributed by atoms with Gasteiger partial charge in [-0.1, -0.05) is 6.92 Å². The Morgan fingerprint density at radius 3 is 2.56 bits per heavy atom. The Hall–Kier alpha value is -0.660. The molecule has 16 heavy (non-hydrogen) atoms. The number of sulfonamides is 1. The first kappa shape index (κ1) is 15.3. The van der Waals surface area contributed by atoms with Crippen LogP contribution < -0.4 is 15.8 Å². The predicted molar refractivity (Wildman–Crippen MR) is 63.4 cm³/mol. The van der Waals surface area contributed by atoms with Crippen LogP contribution in [0.15, 0.2) is 0 Å². The van der Waals surface area contributed by atoms with E-state index in [4.69, 9.17) is 5.73 Å². The molecule has 7 heteroatoms. The molecular weight excluding hydrogens is 230 g/mol. The van der Waals surface area contributed by atoms with Gasteiger partial charge < -0.3 is 11.1 Å². The number of nitrogens with one attached hydrogen (secondary N) is 2. The molecule has 0 bridgehead atoms. The summed E-state index contributed by atoms with van der Waals surface area (Å²) in [5.41, 5.74) is 5.49. The second-order valence-electron chi connectivity index (χ2n) is 3.68. The maximum Gasteiger partial charge on any atom is 0.220 e. The molecule has 6 nitrogen and oxygen atoms in total. The summed E-state index contributed by atoms with van der Waals surface area (Å²) >= 11 is 0. The van der Waals surface area contributed by atoms with Gasteiger partial charge in [0, 0.05) is 25.6 Å². The molecule has 1 unspecified atom stereocenters. The average molecular weight is 251 g/mol. The van der Waals surface area contributed by atoms with Crippen LogP contribution in [0.3, 0.4) is 0 Å². The summed E-state index contributed by atoms with van der Waals surface area (Å²) in [5.74, 6) is -0.255. The summed E-state index contributed by atoms with van der Waals surface area (Å²) in [7, 11) is -3.25. The molecule has 0 aromatic rings. The molecule has 96 valence electrons. The summed E-state index contributed by atoms with van der Waals surface area (Å²) in [4.78, 5) is 11.2. The fourth-order valence-electron chi connectivity index (χ4n) is 1.06. The molecule has 0 aliphatic rings.